The molecule has 0 aromatic heterocycles. The highest BCUT2D eigenvalue weighted by molar-refractivity contribution is 9.10. The third-order valence-corrected chi connectivity index (χ3v) is 3.81. The molecule has 0 aliphatic heterocycles. The lowest BCUT2D eigenvalue weighted by Gasteiger charge is -2.12. The largest absolute Gasteiger partial charge is 0.488 e. The molecule has 0 radical (unpaired) electrons. The van der Waals surface area contributed by atoms with Gasteiger partial charge in [-0.2, -0.15) is 0 Å². The van der Waals surface area contributed by atoms with E-state index in [4.69, 9.17) is 4.74 Å². The summed E-state index contributed by atoms with van der Waals surface area (Å²) in [5, 5.41) is 3.36. The first-order valence-corrected chi connectivity index (χ1v) is 7.75. The Hall–Kier alpha value is -1.32. The standard InChI is InChI=1S/C17H20BrNO/c1-2-19-12-11-14-7-3-4-8-15(14)13-20-17-10-6-5-9-16(17)18/h3-10,19H,2,11-13H2,1H3. The summed E-state index contributed by atoms with van der Waals surface area (Å²) >= 11 is 3.50. The number of rotatable bonds is 7. The molecule has 2 rings (SSSR count). The molecule has 20 heavy (non-hydrogen) atoms. The average molecular weight is 334 g/mol. The van der Waals surface area contributed by atoms with Crippen LogP contribution in [-0.2, 0) is 13.0 Å². The van der Waals surface area contributed by atoms with Crippen LogP contribution >= 0.6 is 15.9 Å². The number of hydrogen-bond donors (Lipinski definition) is 1. The fraction of sp³-hybridized carbons (Fsp3) is 0.294. The van der Waals surface area contributed by atoms with Crippen molar-refractivity contribution in [3.63, 3.8) is 0 Å². The molecule has 2 aromatic rings. The van der Waals surface area contributed by atoms with E-state index < -0.39 is 0 Å². The van der Waals surface area contributed by atoms with Gasteiger partial charge < -0.3 is 10.1 Å². The maximum Gasteiger partial charge on any atom is 0.133 e. The molecule has 0 unspecified atom stereocenters. The van der Waals surface area contributed by atoms with Crippen LogP contribution in [0, 0.1) is 0 Å². The predicted octanol–water partition coefficient (Wildman–Crippen LogP) is 4.18. The molecule has 0 atom stereocenters. The molecule has 106 valence electrons. The molecule has 3 heteroatoms. The molecule has 2 nitrogen and oxygen atoms in total. The van der Waals surface area contributed by atoms with Crippen molar-refractivity contribution in [3.8, 4) is 5.75 Å². The minimum absolute atomic E-state index is 0.602. The Morgan fingerprint density at radius 2 is 1.70 bits per heavy atom. The van der Waals surface area contributed by atoms with Gasteiger partial charge in [0, 0.05) is 0 Å². The smallest absolute Gasteiger partial charge is 0.133 e. The Kier molecular flexibility index (Phi) is 6.09. The topological polar surface area (TPSA) is 21.3 Å². The van der Waals surface area contributed by atoms with Crippen LogP contribution in [0.3, 0.4) is 0 Å². The summed E-state index contributed by atoms with van der Waals surface area (Å²) in [6.45, 7) is 4.74. The summed E-state index contributed by atoms with van der Waals surface area (Å²) in [4.78, 5) is 0. The number of hydrogen-bond acceptors (Lipinski definition) is 2. The van der Waals surface area contributed by atoms with Crippen LogP contribution in [-0.4, -0.2) is 13.1 Å². The van der Waals surface area contributed by atoms with E-state index in [2.05, 4.69) is 52.4 Å². The molecular formula is C17H20BrNO. The van der Waals surface area contributed by atoms with Crippen molar-refractivity contribution >= 4 is 15.9 Å². The van der Waals surface area contributed by atoms with E-state index in [9.17, 15) is 0 Å². The molecule has 0 fully saturated rings. The number of benzene rings is 2. The molecule has 0 saturated heterocycles. The van der Waals surface area contributed by atoms with Crippen molar-refractivity contribution in [1.82, 2.24) is 5.32 Å². The van der Waals surface area contributed by atoms with E-state index in [1.807, 2.05) is 24.3 Å². The van der Waals surface area contributed by atoms with Gasteiger partial charge in [0.2, 0.25) is 0 Å². The molecule has 2 aromatic carbocycles. The number of halogens is 1. The minimum atomic E-state index is 0.602. The Balaban J connectivity index is 2.00. The van der Waals surface area contributed by atoms with Crippen LogP contribution in [0.15, 0.2) is 53.0 Å². The summed E-state index contributed by atoms with van der Waals surface area (Å²) in [6, 6.07) is 16.4. The molecule has 1 N–H and O–H groups in total. The molecule has 0 saturated carbocycles. The lowest BCUT2D eigenvalue weighted by Crippen LogP contribution is -2.17. The van der Waals surface area contributed by atoms with Crippen molar-refractivity contribution in [1.29, 1.82) is 0 Å². The maximum absolute atomic E-state index is 5.90. The van der Waals surface area contributed by atoms with Crippen molar-refractivity contribution < 1.29 is 4.74 Å². The molecular weight excluding hydrogens is 314 g/mol. The summed E-state index contributed by atoms with van der Waals surface area (Å²) in [7, 11) is 0. The first-order valence-electron chi connectivity index (χ1n) is 6.96. The van der Waals surface area contributed by atoms with E-state index in [-0.39, 0.29) is 0 Å². The van der Waals surface area contributed by atoms with E-state index >= 15 is 0 Å². The number of nitrogens with one attached hydrogen (secondary N) is 1. The highest BCUT2D eigenvalue weighted by atomic mass is 79.9. The van der Waals surface area contributed by atoms with Crippen LogP contribution in [0.4, 0.5) is 0 Å². The zero-order valence-corrected chi connectivity index (χ0v) is 13.3. The van der Waals surface area contributed by atoms with Gasteiger partial charge in [-0.05, 0) is 58.7 Å². The van der Waals surface area contributed by atoms with Crippen LogP contribution in [0.2, 0.25) is 0 Å². The zero-order valence-electron chi connectivity index (χ0n) is 11.7. The lowest BCUT2D eigenvalue weighted by molar-refractivity contribution is 0.303. The van der Waals surface area contributed by atoms with Crippen molar-refractivity contribution in [2.45, 2.75) is 20.0 Å². The maximum atomic E-state index is 5.90. The van der Waals surface area contributed by atoms with Gasteiger partial charge in [0.1, 0.15) is 12.4 Å². The normalized spacial score (nSPS) is 10.5. The second-order valence-corrected chi connectivity index (χ2v) is 5.45. The Bertz CT molecular complexity index is 542. The summed E-state index contributed by atoms with van der Waals surface area (Å²) in [6.07, 6.45) is 1.03. The van der Waals surface area contributed by atoms with E-state index in [1.54, 1.807) is 0 Å². The molecule has 0 heterocycles. The van der Waals surface area contributed by atoms with Crippen LogP contribution in [0.5, 0.6) is 5.75 Å². The van der Waals surface area contributed by atoms with Crippen molar-refractivity contribution in [2.24, 2.45) is 0 Å². The molecule has 0 amide bonds. The second kappa shape index (κ2) is 8.08. The molecule has 0 aliphatic carbocycles. The average Bonchev–Trinajstić information content (AvgIpc) is 2.48. The summed E-state index contributed by atoms with van der Waals surface area (Å²) < 4.78 is 6.89. The molecule has 0 spiro atoms. The van der Waals surface area contributed by atoms with Gasteiger partial charge in [0.25, 0.3) is 0 Å². The van der Waals surface area contributed by atoms with Gasteiger partial charge in [-0.1, -0.05) is 43.3 Å². The van der Waals surface area contributed by atoms with Gasteiger partial charge >= 0.3 is 0 Å². The fourth-order valence-electron chi connectivity index (χ4n) is 2.06. The highest BCUT2D eigenvalue weighted by Crippen LogP contribution is 2.25. The Morgan fingerprint density at radius 1 is 1.00 bits per heavy atom. The van der Waals surface area contributed by atoms with E-state index in [0.29, 0.717) is 6.61 Å². The lowest BCUT2D eigenvalue weighted by atomic mass is 10.1. The van der Waals surface area contributed by atoms with E-state index in [1.165, 1.54) is 11.1 Å². The molecule has 0 aliphatic rings. The van der Waals surface area contributed by atoms with Gasteiger partial charge in [-0.25, -0.2) is 0 Å². The third kappa shape index (κ3) is 4.36. The fourth-order valence-corrected chi connectivity index (χ4v) is 2.46. The zero-order chi connectivity index (χ0) is 14.2. The monoisotopic (exact) mass is 333 g/mol. The number of para-hydroxylation sites is 1. The third-order valence-electron chi connectivity index (χ3n) is 3.16. The van der Waals surface area contributed by atoms with Gasteiger partial charge in [-0.3, -0.25) is 0 Å². The number of ether oxygens (including phenoxy) is 1. The predicted molar refractivity (Wildman–Crippen MR) is 87.2 cm³/mol. The van der Waals surface area contributed by atoms with E-state index in [0.717, 1.165) is 29.7 Å². The molecule has 0 bridgehead atoms. The Labute approximate surface area is 129 Å². The first kappa shape index (κ1) is 15.1. The van der Waals surface area contributed by atoms with Gasteiger partial charge in [0.05, 0.1) is 4.47 Å². The van der Waals surface area contributed by atoms with Gasteiger partial charge in [0.15, 0.2) is 0 Å². The second-order valence-electron chi connectivity index (χ2n) is 4.59. The van der Waals surface area contributed by atoms with Crippen LogP contribution < -0.4 is 10.1 Å². The van der Waals surface area contributed by atoms with Crippen molar-refractivity contribution in [2.75, 3.05) is 13.1 Å². The quantitative estimate of drug-likeness (QED) is 0.767. The van der Waals surface area contributed by atoms with Gasteiger partial charge in [-0.15, -0.1) is 0 Å². The SMILES string of the molecule is CCNCCc1ccccc1COc1ccccc1Br. The summed E-state index contributed by atoms with van der Waals surface area (Å²) in [5.41, 5.74) is 2.60. The van der Waals surface area contributed by atoms with Crippen molar-refractivity contribution in [3.05, 3.63) is 64.1 Å². The van der Waals surface area contributed by atoms with Crippen LogP contribution in [0.25, 0.3) is 0 Å². The summed E-state index contributed by atoms with van der Waals surface area (Å²) in [5.74, 6) is 0.883. The highest BCUT2D eigenvalue weighted by Gasteiger charge is 2.04. The first-order chi connectivity index (χ1) is 9.81. The van der Waals surface area contributed by atoms with Crippen LogP contribution in [0.1, 0.15) is 18.1 Å². The number of likely N-dealkylation sites (N-methyl/N-ethyl adjacent to an activating group) is 1. The minimum Gasteiger partial charge on any atom is -0.488 e. The Morgan fingerprint density at radius 3 is 2.45 bits per heavy atom.